The lowest BCUT2D eigenvalue weighted by molar-refractivity contribution is 0.340. The van der Waals surface area contributed by atoms with Crippen LogP contribution in [-0.4, -0.2) is 15.0 Å². The third-order valence-corrected chi connectivity index (χ3v) is 5.12. The summed E-state index contributed by atoms with van der Waals surface area (Å²) in [6.45, 7) is 4.32. The number of hydrogen-bond acceptors (Lipinski definition) is 3. The summed E-state index contributed by atoms with van der Waals surface area (Å²) in [5.41, 5.74) is 1.46. The lowest BCUT2D eigenvalue weighted by atomic mass is 10.1. The molecular formula is C17H20ClNO3S. The van der Waals surface area contributed by atoms with E-state index in [1.54, 1.807) is 31.2 Å². The summed E-state index contributed by atoms with van der Waals surface area (Å²) >= 11 is 6.02. The number of sulfonamides is 1. The standard InChI is InChI=1S/C17H20ClNO3S/c1-3-22-16-10-8-14(9-11-16)13(2)19-23(20,21)12-15-6-4-5-7-17(15)18/h4-11,13,19H,3,12H2,1-2H3/t13-/m1/s1. The van der Waals surface area contributed by atoms with Gasteiger partial charge in [-0.05, 0) is 43.2 Å². The lowest BCUT2D eigenvalue weighted by Crippen LogP contribution is -2.28. The van der Waals surface area contributed by atoms with Crippen LogP contribution in [0.5, 0.6) is 5.75 Å². The van der Waals surface area contributed by atoms with Crippen molar-refractivity contribution < 1.29 is 13.2 Å². The Kier molecular flexibility index (Phi) is 6.04. The first-order valence-corrected chi connectivity index (χ1v) is 9.40. The summed E-state index contributed by atoms with van der Waals surface area (Å²) in [6.07, 6.45) is 0. The van der Waals surface area contributed by atoms with Gasteiger partial charge in [-0.25, -0.2) is 13.1 Å². The molecule has 2 rings (SSSR count). The highest BCUT2D eigenvalue weighted by Crippen LogP contribution is 2.21. The number of hydrogen-bond donors (Lipinski definition) is 1. The number of nitrogens with one attached hydrogen (secondary N) is 1. The molecule has 1 N–H and O–H groups in total. The number of rotatable bonds is 7. The third-order valence-electron chi connectivity index (χ3n) is 3.35. The first-order valence-electron chi connectivity index (χ1n) is 7.37. The van der Waals surface area contributed by atoms with Gasteiger partial charge in [-0.15, -0.1) is 0 Å². The molecule has 1 atom stereocenters. The lowest BCUT2D eigenvalue weighted by Gasteiger charge is -2.15. The molecule has 0 aliphatic carbocycles. The zero-order valence-corrected chi connectivity index (χ0v) is 14.7. The fourth-order valence-electron chi connectivity index (χ4n) is 2.22. The topological polar surface area (TPSA) is 55.4 Å². The monoisotopic (exact) mass is 353 g/mol. The van der Waals surface area contributed by atoms with E-state index >= 15 is 0 Å². The fourth-order valence-corrected chi connectivity index (χ4v) is 3.92. The Bertz CT molecular complexity index is 745. The smallest absolute Gasteiger partial charge is 0.216 e. The largest absolute Gasteiger partial charge is 0.494 e. The molecular weight excluding hydrogens is 334 g/mol. The second-order valence-electron chi connectivity index (χ2n) is 5.19. The first kappa shape index (κ1) is 17.8. The molecule has 0 radical (unpaired) electrons. The van der Waals surface area contributed by atoms with Crippen LogP contribution in [0, 0.1) is 0 Å². The number of ether oxygens (including phenoxy) is 1. The highest BCUT2D eigenvalue weighted by molar-refractivity contribution is 7.88. The second-order valence-corrected chi connectivity index (χ2v) is 7.35. The molecule has 124 valence electrons. The summed E-state index contributed by atoms with van der Waals surface area (Å²) in [4.78, 5) is 0. The van der Waals surface area contributed by atoms with E-state index in [0.717, 1.165) is 11.3 Å². The van der Waals surface area contributed by atoms with E-state index in [2.05, 4.69) is 4.72 Å². The minimum absolute atomic E-state index is 0.145. The molecule has 0 bridgehead atoms. The van der Waals surface area contributed by atoms with Gasteiger partial charge in [-0.2, -0.15) is 0 Å². The predicted molar refractivity (Wildman–Crippen MR) is 93.2 cm³/mol. The van der Waals surface area contributed by atoms with Crippen LogP contribution in [0.25, 0.3) is 0 Å². The van der Waals surface area contributed by atoms with Crippen molar-refractivity contribution in [2.45, 2.75) is 25.6 Å². The van der Waals surface area contributed by atoms with Gasteiger partial charge in [0.2, 0.25) is 10.0 Å². The zero-order chi connectivity index (χ0) is 16.9. The van der Waals surface area contributed by atoms with Crippen LogP contribution in [0.3, 0.4) is 0 Å². The molecule has 0 fully saturated rings. The summed E-state index contributed by atoms with van der Waals surface area (Å²) in [5.74, 6) is 0.621. The van der Waals surface area contributed by atoms with E-state index in [-0.39, 0.29) is 11.8 Å². The Morgan fingerprint density at radius 1 is 1.13 bits per heavy atom. The van der Waals surface area contributed by atoms with Crippen LogP contribution in [0.1, 0.15) is 31.0 Å². The molecule has 6 heteroatoms. The van der Waals surface area contributed by atoms with E-state index in [0.29, 0.717) is 17.2 Å². The Labute approximate surface area is 142 Å². The van der Waals surface area contributed by atoms with Crippen molar-refractivity contribution in [1.29, 1.82) is 0 Å². The normalized spacial score (nSPS) is 12.8. The predicted octanol–water partition coefficient (Wildman–Crippen LogP) is 3.92. The Balaban J connectivity index is 2.06. The molecule has 0 heterocycles. The molecule has 4 nitrogen and oxygen atoms in total. The van der Waals surface area contributed by atoms with Crippen LogP contribution in [0.15, 0.2) is 48.5 Å². The number of benzene rings is 2. The van der Waals surface area contributed by atoms with E-state index in [1.807, 2.05) is 31.2 Å². The van der Waals surface area contributed by atoms with Gasteiger partial charge in [0.15, 0.2) is 0 Å². The summed E-state index contributed by atoms with van der Waals surface area (Å²) in [7, 11) is -3.49. The van der Waals surface area contributed by atoms with Crippen molar-refractivity contribution in [3.63, 3.8) is 0 Å². The van der Waals surface area contributed by atoms with Gasteiger partial charge in [0, 0.05) is 11.1 Å². The summed E-state index contributed by atoms with van der Waals surface area (Å²) in [5, 5.41) is 0.451. The third kappa shape index (κ3) is 5.23. The van der Waals surface area contributed by atoms with E-state index in [4.69, 9.17) is 16.3 Å². The van der Waals surface area contributed by atoms with Crippen LogP contribution in [0.2, 0.25) is 5.02 Å². The van der Waals surface area contributed by atoms with Gasteiger partial charge in [-0.1, -0.05) is 41.9 Å². The van der Waals surface area contributed by atoms with Gasteiger partial charge < -0.3 is 4.74 Å². The second kappa shape index (κ2) is 7.81. The molecule has 0 saturated carbocycles. The quantitative estimate of drug-likeness (QED) is 0.820. The Hall–Kier alpha value is -1.56. The molecule has 2 aromatic rings. The minimum atomic E-state index is -3.49. The first-order chi connectivity index (χ1) is 10.9. The van der Waals surface area contributed by atoms with Crippen LogP contribution < -0.4 is 9.46 Å². The maximum atomic E-state index is 12.3. The van der Waals surface area contributed by atoms with E-state index in [9.17, 15) is 8.42 Å². The minimum Gasteiger partial charge on any atom is -0.494 e. The molecule has 0 spiro atoms. The van der Waals surface area contributed by atoms with Crippen molar-refractivity contribution in [3.05, 3.63) is 64.7 Å². The summed E-state index contributed by atoms with van der Waals surface area (Å²) < 4.78 is 32.7. The molecule has 0 unspecified atom stereocenters. The van der Waals surface area contributed by atoms with Crippen LogP contribution in [0.4, 0.5) is 0 Å². The molecule has 0 saturated heterocycles. The van der Waals surface area contributed by atoms with Gasteiger partial charge >= 0.3 is 0 Å². The van der Waals surface area contributed by atoms with Gasteiger partial charge in [0.25, 0.3) is 0 Å². The van der Waals surface area contributed by atoms with Crippen molar-refractivity contribution in [3.8, 4) is 5.75 Å². The number of halogens is 1. The maximum Gasteiger partial charge on any atom is 0.216 e. The van der Waals surface area contributed by atoms with Crippen molar-refractivity contribution in [2.24, 2.45) is 0 Å². The highest BCUT2D eigenvalue weighted by atomic mass is 35.5. The van der Waals surface area contributed by atoms with Crippen molar-refractivity contribution in [1.82, 2.24) is 4.72 Å². The van der Waals surface area contributed by atoms with Gasteiger partial charge in [-0.3, -0.25) is 0 Å². The van der Waals surface area contributed by atoms with Crippen molar-refractivity contribution >= 4 is 21.6 Å². The molecule has 2 aromatic carbocycles. The fraction of sp³-hybridized carbons (Fsp3) is 0.294. The summed E-state index contributed by atoms with van der Waals surface area (Å²) in [6, 6.07) is 14.0. The van der Waals surface area contributed by atoms with Crippen LogP contribution >= 0.6 is 11.6 Å². The zero-order valence-electron chi connectivity index (χ0n) is 13.1. The highest BCUT2D eigenvalue weighted by Gasteiger charge is 2.17. The maximum absolute atomic E-state index is 12.3. The van der Waals surface area contributed by atoms with Gasteiger partial charge in [0.1, 0.15) is 5.75 Å². The molecule has 0 aromatic heterocycles. The molecule has 0 aliphatic rings. The average Bonchev–Trinajstić information content (AvgIpc) is 2.50. The van der Waals surface area contributed by atoms with Crippen molar-refractivity contribution in [2.75, 3.05) is 6.61 Å². The molecule has 0 aliphatic heterocycles. The van der Waals surface area contributed by atoms with Gasteiger partial charge in [0.05, 0.1) is 12.4 Å². The van der Waals surface area contributed by atoms with E-state index < -0.39 is 10.0 Å². The molecule has 0 amide bonds. The van der Waals surface area contributed by atoms with E-state index in [1.165, 1.54) is 0 Å². The van der Waals surface area contributed by atoms with Crippen LogP contribution in [-0.2, 0) is 15.8 Å². The SMILES string of the molecule is CCOc1ccc([C@@H](C)NS(=O)(=O)Cc2ccccc2Cl)cc1. The average molecular weight is 354 g/mol. The molecule has 23 heavy (non-hydrogen) atoms. The Morgan fingerprint density at radius 3 is 2.39 bits per heavy atom. The Morgan fingerprint density at radius 2 is 1.78 bits per heavy atom.